The smallest absolute Gasteiger partial charge is 0.164 e. The number of nitrogens with zero attached hydrogens (tertiary/aromatic N) is 3. The lowest BCUT2D eigenvalue weighted by atomic mass is 9.70. The molecule has 1 heterocycles. The molecule has 0 radical (unpaired) electrons. The Hall–Kier alpha value is -6.45. The average Bonchev–Trinajstić information content (AvgIpc) is 3.77. The van der Waals surface area contributed by atoms with Crippen molar-refractivity contribution < 1.29 is 0 Å². The van der Waals surface area contributed by atoms with E-state index in [4.69, 9.17) is 15.0 Å². The summed E-state index contributed by atoms with van der Waals surface area (Å²) in [7, 11) is 0. The van der Waals surface area contributed by atoms with Gasteiger partial charge >= 0.3 is 0 Å². The van der Waals surface area contributed by atoms with Crippen LogP contribution in [-0.4, -0.2) is 15.0 Å². The summed E-state index contributed by atoms with van der Waals surface area (Å²) in [5.41, 5.74) is 17.8. The topological polar surface area (TPSA) is 38.7 Å². The molecular weight excluding hydrogens is 631 g/mol. The van der Waals surface area contributed by atoms with Gasteiger partial charge in [-0.25, -0.2) is 15.0 Å². The van der Waals surface area contributed by atoms with Gasteiger partial charge in [0.2, 0.25) is 0 Å². The lowest BCUT2D eigenvalue weighted by molar-refractivity contribution is 0.660. The van der Waals surface area contributed by atoms with Gasteiger partial charge in [-0.05, 0) is 72.8 Å². The average molecular weight is 664 g/mol. The molecule has 3 aliphatic rings. The first-order valence-corrected chi connectivity index (χ1v) is 18.0. The summed E-state index contributed by atoms with van der Waals surface area (Å²) >= 11 is 0. The van der Waals surface area contributed by atoms with Gasteiger partial charge in [0.25, 0.3) is 0 Å². The molecule has 0 unspecified atom stereocenters. The van der Waals surface area contributed by atoms with Crippen LogP contribution in [-0.2, 0) is 10.8 Å². The Morgan fingerprint density at radius 2 is 0.788 bits per heavy atom. The molecular formula is C49H33N3. The lowest BCUT2D eigenvalue weighted by Crippen LogP contribution is -2.25. The van der Waals surface area contributed by atoms with E-state index in [-0.39, 0.29) is 5.41 Å². The van der Waals surface area contributed by atoms with Crippen molar-refractivity contribution in [2.24, 2.45) is 0 Å². The Balaban J connectivity index is 1.17. The molecule has 7 aromatic carbocycles. The van der Waals surface area contributed by atoms with Crippen LogP contribution >= 0.6 is 0 Å². The molecule has 1 aromatic heterocycles. The summed E-state index contributed by atoms with van der Waals surface area (Å²) in [4.78, 5) is 15.8. The summed E-state index contributed by atoms with van der Waals surface area (Å²) in [6.45, 7) is 4.63. The van der Waals surface area contributed by atoms with Crippen LogP contribution in [0.25, 0.3) is 67.5 Å². The van der Waals surface area contributed by atoms with Crippen molar-refractivity contribution in [2.45, 2.75) is 24.7 Å². The molecule has 0 bridgehead atoms. The standard InChI is InChI=1S/C49H33N3/c1-48(2)38-22-10-6-17-32(38)35-28-27-31(29-43(35)48)46-50-45(30-15-4-3-5-16-30)51-47(52-46)37-21-14-26-42-44(37)36-20-9-13-25-41(36)49(42)39-23-11-7-18-33(39)34-19-8-12-24-40(34)49/h3-29H,1-2H3. The molecule has 0 N–H and O–H groups in total. The fourth-order valence-corrected chi connectivity index (χ4v) is 9.52. The summed E-state index contributed by atoms with van der Waals surface area (Å²) < 4.78 is 0. The zero-order valence-electron chi connectivity index (χ0n) is 28.9. The molecule has 11 rings (SSSR count). The van der Waals surface area contributed by atoms with E-state index in [2.05, 4.69) is 159 Å². The number of rotatable bonds is 3. The molecule has 0 saturated heterocycles. The van der Waals surface area contributed by atoms with Gasteiger partial charge in [-0.15, -0.1) is 0 Å². The Kier molecular flexibility index (Phi) is 5.94. The highest BCUT2D eigenvalue weighted by Crippen LogP contribution is 2.63. The fourth-order valence-electron chi connectivity index (χ4n) is 9.52. The van der Waals surface area contributed by atoms with Crippen molar-refractivity contribution in [3.05, 3.63) is 197 Å². The first-order chi connectivity index (χ1) is 25.5. The van der Waals surface area contributed by atoms with Crippen LogP contribution in [0.5, 0.6) is 0 Å². The predicted octanol–water partition coefficient (Wildman–Crippen LogP) is 11.5. The van der Waals surface area contributed by atoms with Crippen LogP contribution in [0.1, 0.15) is 47.2 Å². The van der Waals surface area contributed by atoms with E-state index >= 15 is 0 Å². The van der Waals surface area contributed by atoms with E-state index in [0.29, 0.717) is 17.5 Å². The minimum Gasteiger partial charge on any atom is -0.208 e. The van der Waals surface area contributed by atoms with Gasteiger partial charge < -0.3 is 0 Å². The van der Waals surface area contributed by atoms with Crippen LogP contribution in [0.3, 0.4) is 0 Å². The van der Waals surface area contributed by atoms with Crippen molar-refractivity contribution in [3.8, 4) is 67.5 Å². The second-order valence-electron chi connectivity index (χ2n) is 14.7. The lowest BCUT2D eigenvalue weighted by Gasteiger charge is -2.30. The van der Waals surface area contributed by atoms with Crippen molar-refractivity contribution in [3.63, 3.8) is 0 Å². The molecule has 3 aliphatic carbocycles. The van der Waals surface area contributed by atoms with Gasteiger partial charge in [0.15, 0.2) is 17.5 Å². The van der Waals surface area contributed by atoms with Crippen molar-refractivity contribution in [2.75, 3.05) is 0 Å². The largest absolute Gasteiger partial charge is 0.208 e. The number of hydrogen-bond acceptors (Lipinski definition) is 3. The van der Waals surface area contributed by atoms with E-state index < -0.39 is 5.41 Å². The normalized spacial score (nSPS) is 14.7. The summed E-state index contributed by atoms with van der Waals surface area (Å²) in [5.74, 6) is 2.02. The molecule has 3 heteroatoms. The summed E-state index contributed by atoms with van der Waals surface area (Å²) in [5, 5.41) is 0. The van der Waals surface area contributed by atoms with E-state index in [1.807, 2.05) is 18.2 Å². The molecule has 0 aliphatic heterocycles. The maximum Gasteiger partial charge on any atom is 0.164 e. The molecule has 244 valence electrons. The van der Waals surface area contributed by atoms with Crippen molar-refractivity contribution >= 4 is 0 Å². The van der Waals surface area contributed by atoms with E-state index in [1.165, 1.54) is 66.8 Å². The predicted molar refractivity (Wildman–Crippen MR) is 210 cm³/mol. The first kappa shape index (κ1) is 29.3. The molecule has 52 heavy (non-hydrogen) atoms. The molecule has 1 spiro atoms. The monoisotopic (exact) mass is 663 g/mol. The van der Waals surface area contributed by atoms with Crippen LogP contribution < -0.4 is 0 Å². The fraction of sp³-hybridized carbons (Fsp3) is 0.0816. The number of hydrogen-bond donors (Lipinski definition) is 0. The van der Waals surface area contributed by atoms with E-state index in [9.17, 15) is 0 Å². The molecule has 0 saturated carbocycles. The van der Waals surface area contributed by atoms with Crippen molar-refractivity contribution in [1.82, 2.24) is 15.0 Å². The Morgan fingerprint density at radius 1 is 0.327 bits per heavy atom. The van der Waals surface area contributed by atoms with Gasteiger partial charge in [0.1, 0.15) is 0 Å². The number of benzene rings is 7. The molecule has 0 atom stereocenters. The van der Waals surface area contributed by atoms with Gasteiger partial charge in [0, 0.05) is 22.1 Å². The molecule has 0 fully saturated rings. The summed E-state index contributed by atoms with van der Waals surface area (Å²) in [6, 6.07) is 59.2. The van der Waals surface area contributed by atoms with Crippen LogP contribution in [0, 0.1) is 0 Å². The third-order valence-electron chi connectivity index (χ3n) is 11.8. The quantitative estimate of drug-likeness (QED) is 0.189. The summed E-state index contributed by atoms with van der Waals surface area (Å²) in [6.07, 6.45) is 0. The number of aromatic nitrogens is 3. The highest BCUT2D eigenvalue weighted by molar-refractivity contribution is 5.99. The second-order valence-corrected chi connectivity index (χ2v) is 14.7. The van der Waals surface area contributed by atoms with Crippen LogP contribution in [0.15, 0.2) is 164 Å². The van der Waals surface area contributed by atoms with Gasteiger partial charge in [0.05, 0.1) is 5.41 Å². The van der Waals surface area contributed by atoms with Crippen LogP contribution in [0.4, 0.5) is 0 Å². The van der Waals surface area contributed by atoms with Gasteiger partial charge in [-0.2, -0.15) is 0 Å². The Morgan fingerprint density at radius 3 is 1.46 bits per heavy atom. The third-order valence-corrected chi connectivity index (χ3v) is 11.8. The highest BCUT2D eigenvalue weighted by atomic mass is 15.0. The zero-order valence-corrected chi connectivity index (χ0v) is 28.9. The SMILES string of the molecule is CC1(C)c2ccccc2-c2ccc(-c3nc(-c4ccccc4)nc(-c4cccc5c4-c4ccccc4C54c5ccccc5-c5ccccc54)n3)cc21. The minimum absolute atomic E-state index is 0.133. The van der Waals surface area contributed by atoms with E-state index in [0.717, 1.165) is 16.7 Å². The minimum atomic E-state index is -0.437. The maximum absolute atomic E-state index is 5.35. The highest BCUT2D eigenvalue weighted by Gasteiger charge is 2.52. The third kappa shape index (κ3) is 3.77. The second kappa shape index (κ2) is 10.5. The first-order valence-electron chi connectivity index (χ1n) is 18.0. The van der Waals surface area contributed by atoms with Crippen molar-refractivity contribution in [1.29, 1.82) is 0 Å². The molecule has 8 aromatic rings. The molecule has 0 amide bonds. The Bertz CT molecular complexity index is 2730. The van der Waals surface area contributed by atoms with E-state index in [1.54, 1.807) is 0 Å². The molecule has 3 nitrogen and oxygen atoms in total. The Labute approximate surface area is 303 Å². The number of fused-ring (bicyclic) bond motifs is 13. The van der Waals surface area contributed by atoms with Gasteiger partial charge in [-0.3, -0.25) is 0 Å². The van der Waals surface area contributed by atoms with Crippen LogP contribution in [0.2, 0.25) is 0 Å². The maximum atomic E-state index is 5.35. The zero-order chi connectivity index (χ0) is 34.6. The van der Waals surface area contributed by atoms with Gasteiger partial charge in [-0.1, -0.05) is 172 Å².